The molecule has 1 amide bonds. The molecule has 1 aromatic carbocycles. The van der Waals surface area contributed by atoms with E-state index in [9.17, 15) is 4.79 Å². The molecule has 112 valence electrons. The maximum Gasteiger partial charge on any atom is 0.225 e. The SMILES string of the molecule is CCCCCN(C)CCC(=O)Nc1cccc(CN)c1. The third-order valence-corrected chi connectivity index (χ3v) is 3.31. The van der Waals surface area contributed by atoms with Gasteiger partial charge in [-0.2, -0.15) is 0 Å². The molecule has 0 atom stereocenters. The van der Waals surface area contributed by atoms with Crippen LogP contribution in [0.15, 0.2) is 24.3 Å². The molecule has 0 spiro atoms. The molecule has 0 bridgehead atoms. The Hall–Kier alpha value is -1.39. The van der Waals surface area contributed by atoms with Crippen molar-refractivity contribution in [2.24, 2.45) is 5.73 Å². The standard InChI is InChI=1S/C16H27N3O/c1-3-4-5-10-19(2)11-9-16(20)18-15-8-6-7-14(12-15)13-17/h6-8,12H,3-5,9-11,13,17H2,1-2H3,(H,18,20). The number of rotatable bonds is 9. The second-order valence-electron chi connectivity index (χ2n) is 5.21. The first-order chi connectivity index (χ1) is 9.65. The summed E-state index contributed by atoms with van der Waals surface area (Å²) in [5, 5.41) is 2.92. The van der Waals surface area contributed by atoms with Gasteiger partial charge in [0.25, 0.3) is 0 Å². The Labute approximate surface area is 122 Å². The molecule has 0 aliphatic rings. The summed E-state index contributed by atoms with van der Waals surface area (Å²) >= 11 is 0. The molecule has 0 aliphatic carbocycles. The van der Waals surface area contributed by atoms with Gasteiger partial charge >= 0.3 is 0 Å². The van der Waals surface area contributed by atoms with Gasteiger partial charge in [-0.05, 0) is 37.7 Å². The van der Waals surface area contributed by atoms with Crippen molar-refractivity contribution in [2.75, 3.05) is 25.5 Å². The Morgan fingerprint density at radius 2 is 2.10 bits per heavy atom. The summed E-state index contributed by atoms with van der Waals surface area (Å²) in [6.45, 7) is 4.54. The summed E-state index contributed by atoms with van der Waals surface area (Å²) in [6.07, 6.45) is 4.21. The van der Waals surface area contributed by atoms with Gasteiger partial charge in [-0.1, -0.05) is 31.9 Å². The van der Waals surface area contributed by atoms with E-state index in [0.29, 0.717) is 13.0 Å². The van der Waals surface area contributed by atoms with Crippen LogP contribution >= 0.6 is 0 Å². The highest BCUT2D eigenvalue weighted by molar-refractivity contribution is 5.90. The molecule has 3 N–H and O–H groups in total. The zero-order chi connectivity index (χ0) is 14.8. The van der Waals surface area contributed by atoms with Crippen LogP contribution < -0.4 is 11.1 Å². The highest BCUT2D eigenvalue weighted by atomic mass is 16.1. The molecule has 0 radical (unpaired) electrons. The van der Waals surface area contributed by atoms with Crippen molar-refractivity contribution < 1.29 is 4.79 Å². The Bertz CT molecular complexity index is 406. The van der Waals surface area contributed by atoms with E-state index in [1.165, 1.54) is 19.3 Å². The minimum Gasteiger partial charge on any atom is -0.326 e. The quantitative estimate of drug-likeness (QED) is 0.682. The molecule has 4 heteroatoms. The van der Waals surface area contributed by atoms with Crippen LogP contribution in [0.1, 0.15) is 38.2 Å². The Morgan fingerprint density at radius 1 is 1.30 bits per heavy atom. The zero-order valence-electron chi connectivity index (χ0n) is 12.7. The average Bonchev–Trinajstić information content (AvgIpc) is 2.45. The van der Waals surface area contributed by atoms with Gasteiger partial charge in [-0.3, -0.25) is 4.79 Å². The monoisotopic (exact) mass is 277 g/mol. The number of nitrogens with zero attached hydrogens (tertiary/aromatic N) is 1. The fraction of sp³-hybridized carbons (Fsp3) is 0.562. The third-order valence-electron chi connectivity index (χ3n) is 3.31. The van der Waals surface area contributed by atoms with Crippen LogP contribution in [0.3, 0.4) is 0 Å². The summed E-state index contributed by atoms with van der Waals surface area (Å²) < 4.78 is 0. The van der Waals surface area contributed by atoms with Crippen LogP contribution in [0.2, 0.25) is 0 Å². The van der Waals surface area contributed by atoms with Gasteiger partial charge in [0.1, 0.15) is 0 Å². The van der Waals surface area contributed by atoms with Crippen LogP contribution in [0, 0.1) is 0 Å². The second-order valence-corrected chi connectivity index (χ2v) is 5.21. The van der Waals surface area contributed by atoms with Crippen LogP contribution in [0.4, 0.5) is 5.69 Å². The Balaban J connectivity index is 2.29. The van der Waals surface area contributed by atoms with Crippen LogP contribution in [0.25, 0.3) is 0 Å². The van der Waals surface area contributed by atoms with Gasteiger partial charge < -0.3 is 16.0 Å². The number of amides is 1. The number of carbonyl (C=O) groups excluding carboxylic acids is 1. The van der Waals surface area contributed by atoms with Crippen molar-refractivity contribution in [3.05, 3.63) is 29.8 Å². The molecule has 1 rings (SSSR count). The van der Waals surface area contributed by atoms with E-state index < -0.39 is 0 Å². The summed E-state index contributed by atoms with van der Waals surface area (Å²) in [7, 11) is 2.07. The molecule has 0 fully saturated rings. The second kappa shape index (κ2) is 9.50. The van der Waals surface area contributed by atoms with Crippen molar-refractivity contribution in [1.82, 2.24) is 4.90 Å². The Morgan fingerprint density at radius 3 is 2.80 bits per heavy atom. The first-order valence-electron chi connectivity index (χ1n) is 7.43. The predicted octanol–water partition coefficient (Wildman–Crippen LogP) is 2.60. The van der Waals surface area contributed by atoms with Crippen molar-refractivity contribution in [3.8, 4) is 0 Å². The summed E-state index contributed by atoms with van der Waals surface area (Å²) in [5.41, 5.74) is 7.44. The molecule has 0 heterocycles. The highest BCUT2D eigenvalue weighted by Gasteiger charge is 2.05. The normalized spacial score (nSPS) is 10.8. The zero-order valence-corrected chi connectivity index (χ0v) is 12.7. The number of carbonyl (C=O) groups is 1. The largest absolute Gasteiger partial charge is 0.326 e. The van der Waals surface area contributed by atoms with E-state index >= 15 is 0 Å². The number of hydrogen-bond acceptors (Lipinski definition) is 3. The van der Waals surface area contributed by atoms with Crippen molar-refractivity contribution in [3.63, 3.8) is 0 Å². The lowest BCUT2D eigenvalue weighted by molar-refractivity contribution is -0.116. The van der Waals surface area contributed by atoms with Crippen molar-refractivity contribution in [2.45, 2.75) is 39.2 Å². The maximum atomic E-state index is 11.9. The molecule has 20 heavy (non-hydrogen) atoms. The minimum atomic E-state index is 0.0570. The molecular weight excluding hydrogens is 250 g/mol. The minimum absolute atomic E-state index is 0.0570. The summed E-state index contributed by atoms with van der Waals surface area (Å²) in [4.78, 5) is 14.1. The van der Waals surface area contributed by atoms with Crippen molar-refractivity contribution >= 4 is 11.6 Å². The van der Waals surface area contributed by atoms with Gasteiger partial charge in [0.2, 0.25) is 5.91 Å². The lowest BCUT2D eigenvalue weighted by Crippen LogP contribution is -2.25. The van der Waals surface area contributed by atoms with E-state index in [-0.39, 0.29) is 5.91 Å². The van der Waals surface area contributed by atoms with E-state index in [2.05, 4.69) is 24.2 Å². The van der Waals surface area contributed by atoms with E-state index in [4.69, 9.17) is 5.73 Å². The Kier molecular flexibility index (Phi) is 7.92. The average molecular weight is 277 g/mol. The number of nitrogens with one attached hydrogen (secondary N) is 1. The van der Waals surface area contributed by atoms with Gasteiger partial charge in [-0.15, -0.1) is 0 Å². The first-order valence-corrected chi connectivity index (χ1v) is 7.43. The molecule has 0 saturated heterocycles. The molecular formula is C16H27N3O. The number of hydrogen-bond donors (Lipinski definition) is 2. The van der Waals surface area contributed by atoms with Crippen molar-refractivity contribution in [1.29, 1.82) is 0 Å². The number of anilines is 1. The van der Waals surface area contributed by atoms with Gasteiger partial charge in [0.05, 0.1) is 0 Å². The molecule has 0 saturated carbocycles. The summed E-state index contributed by atoms with van der Waals surface area (Å²) in [6, 6.07) is 7.68. The smallest absolute Gasteiger partial charge is 0.225 e. The number of benzene rings is 1. The molecule has 1 aromatic rings. The van der Waals surface area contributed by atoms with Crippen LogP contribution in [-0.4, -0.2) is 30.9 Å². The fourth-order valence-corrected chi connectivity index (χ4v) is 2.04. The topological polar surface area (TPSA) is 58.4 Å². The molecule has 0 aromatic heterocycles. The van der Waals surface area contributed by atoms with E-state index in [0.717, 1.165) is 24.3 Å². The van der Waals surface area contributed by atoms with Crippen LogP contribution in [0.5, 0.6) is 0 Å². The van der Waals surface area contributed by atoms with Crippen LogP contribution in [-0.2, 0) is 11.3 Å². The third kappa shape index (κ3) is 6.68. The number of unbranched alkanes of at least 4 members (excludes halogenated alkanes) is 2. The molecule has 0 unspecified atom stereocenters. The molecule has 0 aliphatic heterocycles. The lowest BCUT2D eigenvalue weighted by atomic mass is 10.2. The van der Waals surface area contributed by atoms with Gasteiger partial charge in [-0.25, -0.2) is 0 Å². The molecule has 4 nitrogen and oxygen atoms in total. The van der Waals surface area contributed by atoms with Gasteiger partial charge in [0.15, 0.2) is 0 Å². The van der Waals surface area contributed by atoms with Gasteiger partial charge in [0, 0.05) is 25.2 Å². The number of nitrogens with two attached hydrogens (primary N) is 1. The fourth-order valence-electron chi connectivity index (χ4n) is 2.04. The summed E-state index contributed by atoms with van der Waals surface area (Å²) in [5.74, 6) is 0.0570. The first kappa shape index (κ1) is 16.7. The maximum absolute atomic E-state index is 11.9. The van der Waals surface area contributed by atoms with E-state index in [1.807, 2.05) is 24.3 Å². The highest BCUT2D eigenvalue weighted by Crippen LogP contribution is 2.10. The van der Waals surface area contributed by atoms with E-state index in [1.54, 1.807) is 0 Å². The lowest BCUT2D eigenvalue weighted by Gasteiger charge is -2.16. The predicted molar refractivity (Wildman–Crippen MR) is 84.6 cm³/mol.